The largest absolute Gasteiger partial charge is 0.329 e. The maximum absolute atomic E-state index is 11.1. The summed E-state index contributed by atoms with van der Waals surface area (Å²) in [6.45, 7) is 5.89. The SMILES string of the molecule is CC.CC(=O)C(CN)c1ccc(Cl)cc1. The monoisotopic (exact) mass is 227 g/mol. The molecule has 0 aliphatic carbocycles. The number of benzene rings is 1. The van der Waals surface area contributed by atoms with E-state index < -0.39 is 0 Å². The topological polar surface area (TPSA) is 43.1 Å². The molecule has 0 heterocycles. The summed E-state index contributed by atoms with van der Waals surface area (Å²) in [5.41, 5.74) is 6.42. The number of hydrogen-bond acceptors (Lipinski definition) is 2. The molecule has 0 saturated heterocycles. The molecule has 0 aromatic heterocycles. The fraction of sp³-hybridized carbons (Fsp3) is 0.417. The summed E-state index contributed by atoms with van der Waals surface area (Å²) in [5.74, 6) is -0.109. The van der Waals surface area contributed by atoms with Crippen LogP contribution in [-0.2, 0) is 4.79 Å². The normalized spacial score (nSPS) is 11.3. The third-order valence-electron chi connectivity index (χ3n) is 2.00. The van der Waals surface area contributed by atoms with E-state index in [9.17, 15) is 4.79 Å². The molecule has 1 aromatic carbocycles. The fourth-order valence-corrected chi connectivity index (χ4v) is 1.36. The van der Waals surface area contributed by atoms with E-state index in [4.69, 9.17) is 17.3 Å². The van der Waals surface area contributed by atoms with E-state index in [1.165, 1.54) is 0 Å². The molecule has 1 unspecified atom stereocenters. The van der Waals surface area contributed by atoms with Crippen molar-refractivity contribution >= 4 is 17.4 Å². The molecular weight excluding hydrogens is 210 g/mol. The third kappa shape index (κ3) is 4.45. The molecule has 0 radical (unpaired) electrons. The van der Waals surface area contributed by atoms with Crippen LogP contribution in [0.2, 0.25) is 5.02 Å². The van der Waals surface area contributed by atoms with Gasteiger partial charge < -0.3 is 5.73 Å². The van der Waals surface area contributed by atoms with Crippen LogP contribution < -0.4 is 5.73 Å². The lowest BCUT2D eigenvalue weighted by Gasteiger charge is -2.10. The third-order valence-corrected chi connectivity index (χ3v) is 2.25. The second kappa shape index (κ2) is 7.43. The minimum Gasteiger partial charge on any atom is -0.329 e. The Bertz CT molecular complexity index is 295. The number of carbonyl (C=O) groups is 1. The van der Waals surface area contributed by atoms with Gasteiger partial charge in [0.1, 0.15) is 5.78 Å². The van der Waals surface area contributed by atoms with Crippen LogP contribution in [0.3, 0.4) is 0 Å². The average Bonchev–Trinajstić information content (AvgIpc) is 2.24. The molecule has 0 aliphatic rings. The lowest BCUT2D eigenvalue weighted by Crippen LogP contribution is -2.19. The second-order valence-corrected chi connectivity index (χ2v) is 3.39. The molecule has 0 amide bonds. The molecule has 1 aromatic rings. The summed E-state index contributed by atoms with van der Waals surface area (Å²) >= 11 is 5.72. The standard InChI is InChI=1S/C10H12ClNO.C2H6/c1-7(13)10(6-12)8-2-4-9(11)5-3-8;1-2/h2-5,10H,6,12H2,1H3;1-2H3. The van der Waals surface area contributed by atoms with Gasteiger partial charge >= 0.3 is 0 Å². The van der Waals surface area contributed by atoms with Crippen molar-refractivity contribution in [3.63, 3.8) is 0 Å². The summed E-state index contributed by atoms with van der Waals surface area (Å²) in [5, 5.41) is 0.670. The molecular formula is C12H18ClNO. The van der Waals surface area contributed by atoms with E-state index in [0.29, 0.717) is 11.6 Å². The van der Waals surface area contributed by atoms with Crippen LogP contribution in [0.1, 0.15) is 32.3 Å². The molecule has 1 atom stereocenters. The van der Waals surface area contributed by atoms with Crippen LogP contribution in [0.25, 0.3) is 0 Å². The summed E-state index contributed by atoms with van der Waals surface area (Å²) in [6, 6.07) is 7.20. The average molecular weight is 228 g/mol. The van der Waals surface area contributed by atoms with E-state index in [2.05, 4.69) is 0 Å². The number of Topliss-reactive ketones (excluding diaryl/α,β-unsaturated/α-hetero) is 1. The van der Waals surface area contributed by atoms with Gasteiger partial charge in [-0.05, 0) is 24.6 Å². The Morgan fingerprint density at radius 1 is 1.33 bits per heavy atom. The molecule has 0 saturated carbocycles. The smallest absolute Gasteiger partial charge is 0.138 e. The quantitative estimate of drug-likeness (QED) is 0.863. The van der Waals surface area contributed by atoms with Gasteiger partial charge in [-0.15, -0.1) is 0 Å². The van der Waals surface area contributed by atoms with Crippen molar-refractivity contribution in [2.24, 2.45) is 5.73 Å². The molecule has 0 spiro atoms. The van der Waals surface area contributed by atoms with E-state index in [1.807, 2.05) is 26.0 Å². The van der Waals surface area contributed by atoms with Gasteiger partial charge in [-0.1, -0.05) is 37.6 Å². The van der Waals surface area contributed by atoms with Gasteiger partial charge in [0.25, 0.3) is 0 Å². The van der Waals surface area contributed by atoms with Gasteiger partial charge in [0.2, 0.25) is 0 Å². The van der Waals surface area contributed by atoms with E-state index >= 15 is 0 Å². The molecule has 3 heteroatoms. The minimum absolute atomic E-state index is 0.0878. The van der Waals surface area contributed by atoms with Gasteiger partial charge in [-0.25, -0.2) is 0 Å². The Labute approximate surface area is 96.4 Å². The number of hydrogen-bond donors (Lipinski definition) is 1. The highest BCUT2D eigenvalue weighted by atomic mass is 35.5. The van der Waals surface area contributed by atoms with Crippen LogP contribution >= 0.6 is 11.6 Å². The highest BCUT2D eigenvalue weighted by Gasteiger charge is 2.13. The lowest BCUT2D eigenvalue weighted by atomic mass is 9.96. The minimum atomic E-state index is -0.197. The van der Waals surface area contributed by atoms with E-state index in [-0.39, 0.29) is 11.7 Å². The lowest BCUT2D eigenvalue weighted by molar-refractivity contribution is -0.118. The molecule has 84 valence electrons. The van der Waals surface area contributed by atoms with Gasteiger partial charge in [0.15, 0.2) is 0 Å². The molecule has 15 heavy (non-hydrogen) atoms. The summed E-state index contributed by atoms with van der Waals surface area (Å²) < 4.78 is 0. The van der Waals surface area contributed by atoms with Crippen LogP contribution in [0.5, 0.6) is 0 Å². The Morgan fingerprint density at radius 3 is 2.13 bits per heavy atom. The van der Waals surface area contributed by atoms with Crippen molar-refractivity contribution in [1.29, 1.82) is 0 Å². The molecule has 0 fully saturated rings. The van der Waals surface area contributed by atoms with Crippen LogP contribution in [-0.4, -0.2) is 12.3 Å². The first-order valence-corrected chi connectivity index (χ1v) is 5.49. The Morgan fingerprint density at radius 2 is 1.80 bits per heavy atom. The van der Waals surface area contributed by atoms with Crippen LogP contribution in [0, 0.1) is 0 Å². The maximum atomic E-state index is 11.1. The highest BCUT2D eigenvalue weighted by molar-refractivity contribution is 6.30. The predicted octanol–water partition coefficient (Wildman–Crippen LogP) is 3.00. The van der Waals surface area contributed by atoms with Gasteiger partial charge in [-0.3, -0.25) is 4.79 Å². The number of rotatable bonds is 3. The van der Waals surface area contributed by atoms with Crippen molar-refractivity contribution in [2.45, 2.75) is 26.7 Å². The molecule has 0 bridgehead atoms. The molecule has 2 N–H and O–H groups in total. The Balaban J connectivity index is 0.000000921. The van der Waals surface area contributed by atoms with Gasteiger partial charge in [-0.2, -0.15) is 0 Å². The zero-order chi connectivity index (χ0) is 11.8. The van der Waals surface area contributed by atoms with Gasteiger partial charge in [0.05, 0.1) is 5.92 Å². The van der Waals surface area contributed by atoms with Crippen molar-refractivity contribution in [1.82, 2.24) is 0 Å². The van der Waals surface area contributed by atoms with E-state index in [1.54, 1.807) is 19.1 Å². The van der Waals surface area contributed by atoms with Crippen LogP contribution in [0.15, 0.2) is 24.3 Å². The number of halogens is 1. The van der Waals surface area contributed by atoms with Crippen LogP contribution in [0.4, 0.5) is 0 Å². The van der Waals surface area contributed by atoms with Gasteiger partial charge in [0, 0.05) is 11.6 Å². The first kappa shape index (κ1) is 14.1. The zero-order valence-electron chi connectivity index (χ0n) is 9.46. The number of ketones is 1. The Kier molecular flexibility index (Phi) is 7.01. The number of carbonyl (C=O) groups excluding carboxylic acids is 1. The zero-order valence-corrected chi connectivity index (χ0v) is 10.2. The van der Waals surface area contributed by atoms with Crippen molar-refractivity contribution in [2.75, 3.05) is 6.54 Å². The number of nitrogens with two attached hydrogens (primary N) is 1. The second-order valence-electron chi connectivity index (χ2n) is 2.95. The fourth-order valence-electron chi connectivity index (χ4n) is 1.23. The molecule has 1 rings (SSSR count). The first-order chi connectivity index (χ1) is 7.15. The maximum Gasteiger partial charge on any atom is 0.138 e. The van der Waals surface area contributed by atoms with Crippen molar-refractivity contribution < 1.29 is 4.79 Å². The summed E-state index contributed by atoms with van der Waals surface area (Å²) in [7, 11) is 0. The van der Waals surface area contributed by atoms with Crippen molar-refractivity contribution in [3.05, 3.63) is 34.9 Å². The van der Waals surface area contributed by atoms with Crippen molar-refractivity contribution in [3.8, 4) is 0 Å². The Hall–Kier alpha value is -0.860. The highest BCUT2D eigenvalue weighted by Crippen LogP contribution is 2.18. The summed E-state index contributed by atoms with van der Waals surface area (Å²) in [6.07, 6.45) is 0. The molecule has 0 aliphatic heterocycles. The van der Waals surface area contributed by atoms with E-state index in [0.717, 1.165) is 5.56 Å². The first-order valence-electron chi connectivity index (χ1n) is 5.11. The predicted molar refractivity (Wildman–Crippen MR) is 65.3 cm³/mol. The summed E-state index contributed by atoms with van der Waals surface area (Å²) in [4.78, 5) is 11.1. The molecule has 2 nitrogen and oxygen atoms in total.